The zero-order valence-corrected chi connectivity index (χ0v) is 16.9. The summed E-state index contributed by atoms with van der Waals surface area (Å²) >= 11 is 0. The average molecular weight is 426 g/mol. The number of halogens is 3. The number of aromatic nitrogens is 2. The van der Waals surface area contributed by atoms with Crippen LogP contribution in [0.2, 0.25) is 0 Å². The summed E-state index contributed by atoms with van der Waals surface area (Å²) in [6, 6.07) is 12.6. The van der Waals surface area contributed by atoms with Crippen LogP contribution in [0.3, 0.4) is 0 Å². The summed E-state index contributed by atoms with van der Waals surface area (Å²) in [6.07, 6.45) is -1.96. The SMILES string of the molecule is CCc1ccccc1Nc1nc(Nc2cccc(C(F)(F)F)c2)nc2c1C(=O)CCC2. The first kappa shape index (κ1) is 20.8. The quantitative estimate of drug-likeness (QED) is 0.519. The number of carbonyl (C=O) groups is 1. The van der Waals surface area contributed by atoms with E-state index < -0.39 is 11.7 Å². The topological polar surface area (TPSA) is 66.9 Å². The van der Waals surface area contributed by atoms with Gasteiger partial charge in [0.15, 0.2) is 5.78 Å². The van der Waals surface area contributed by atoms with E-state index in [-0.39, 0.29) is 17.4 Å². The highest BCUT2D eigenvalue weighted by Gasteiger charge is 2.30. The molecule has 1 aliphatic carbocycles. The van der Waals surface area contributed by atoms with Gasteiger partial charge in [0.1, 0.15) is 5.82 Å². The van der Waals surface area contributed by atoms with Crippen LogP contribution in [0.5, 0.6) is 0 Å². The zero-order valence-electron chi connectivity index (χ0n) is 16.9. The summed E-state index contributed by atoms with van der Waals surface area (Å²) in [5.74, 6) is 0.470. The third-order valence-electron chi connectivity index (χ3n) is 5.18. The smallest absolute Gasteiger partial charge is 0.339 e. The molecule has 0 fully saturated rings. The number of nitrogens with zero attached hydrogens (tertiary/aromatic N) is 2. The molecule has 8 heteroatoms. The molecule has 0 aliphatic heterocycles. The maximum absolute atomic E-state index is 13.0. The number of rotatable bonds is 5. The number of hydrogen-bond donors (Lipinski definition) is 2. The average Bonchev–Trinajstić information content (AvgIpc) is 2.73. The van der Waals surface area contributed by atoms with E-state index in [4.69, 9.17) is 0 Å². The number of nitrogens with one attached hydrogen (secondary N) is 2. The molecule has 0 spiro atoms. The third-order valence-corrected chi connectivity index (χ3v) is 5.18. The van der Waals surface area contributed by atoms with E-state index in [0.29, 0.717) is 36.3 Å². The van der Waals surface area contributed by atoms with Crippen LogP contribution in [0.1, 0.15) is 46.9 Å². The molecule has 2 N–H and O–H groups in total. The number of aryl methyl sites for hydroxylation is 2. The summed E-state index contributed by atoms with van der Waals surface area (Å²) < 4.78 is 39.1. The number of ketones is 1. The number of alkyl halides is 3. The van der Waals surface area contributed by atoms with Crippen molar-refractivity contribution in [2.24, 2.45) is 0 Å². The van der Waals surface area contributed by atoms with E-state index in [9.17, 15) is 18.0 Å². The lowest BCUT2D eigenvalue weighted by atomic mass is 9.95. The molecule has 5 nitrogen and oxygen atoms in total. The largest absolute Gasteiger partial charge is 0.416 e. The van der Waals surface area contributed by atoms with Crippen LogP contribution < -0.4 is 10.6 Å². The second-order valence-corrected chi connectivity index (χ2v) is 7.33. The lowest BCUT2D eigenvalue weighted by molar-refractivity contribution is -0.137. The van der Waals surface area contributed by atoms with E-state index in [0.717, 1.165) is 29.8 Å². The normalized spacial score (nSPS) is 13.6. The number of para-hydroxylation sites is 1. The molecular formula is C23H21F3N4O. The van der Waals surface area contributed by atoms with Crippen molar-refractivity contribution in [3.8, 4) is 0 Å². The van der Waals surface area contributed by atoms with Crippen LogP contribution in [0, 0.1) is 0 Å². The van der Waals surface area contributed by atoms with Crippen molar-refractivity contribution in [1.82, 2.24) is 9.97 Å². The van der Waals surface area contributed by atoms with Crippen molar-refractivity contribution in [2.75, 3.05) is 10.6 Å². The van der Waals surface area contributed by atoms with Crippen LogP contribution in [0.25, 0.3) is 0 Å². The molecule has 3 aromatic rings. The number of carbonyl (C=O) groups excluding carboxylic acids is 1. The Bertz CT molecular complexity index is 1130. The summed E-state index contributed by atoms with van der Waals surface area (Å²) in [6.45, 7) is 2.03. The van der Waals surface area contributed by atoms with Crippen LogP contribution in [-0.4, -0.2) is 15.8 Å². The molecule has 0 saturated heterocycles. The standard InChI is InChI=1S/C23H21F3N4O/c1-2-14-7-3-4-10-17(14)28-21-20-18(11-6-12-19(20)31)29-22(30-21)27-16-9-5-8-15(13-16)23(24,25)26/h3-5,7-10,13H,2,6,11-12H2,1H3,(H2,27,28,29,30). The first-order valence-corrected chi connectivity index (χ1v) is 10.1. The van der Waals surface area contributed by atoms with Gasteiger partial charge in [0.2, 0.25) is 5.95 Å². The molecule has 0 bridgehead atoms. The molecule has 1 aromatic heterocycles. The van der Waals surface area contributed by atoms with Gasteiger partial charge in [-0.1, -0.05) is 31.2 Å². The van der Waals surface area contributed by atoms with Gasteiger partial charge >= 0.3 is 6.18 Å². The molecule has 4 rings (SSSR count). The highest BCUT2D eigenvalue weighted by molar-refractivity contribution is 6.03. The third kappa shape index (κ3) is 4.52. The van der Waals surface area contributed by atoms with E-state index in [1.807, 2.05) is 31.2 Å². The zero-order chi connectivity index (χ0) is 22.0. The fourth-order valence-corrected chi connectivity index (χ4v) is 3.65. The maximum Gasteiger partial charge on any atom is 0.416 e. The molecule has 31 heavy (non-hydrogen) atoms. The van der Waals surface area contributed by atoms with Gasteiger partial charge in [-0.2, -0.15) is 18.2 Å². The van der Waals surface area contributed by atoms with Crippen molar-refractivity contribution >= 4 is 28.9 Å². The minimum atomic E-state index is -4.45. The first-order chi connectivity index (χ1) is 14.8. The van der Waals surface area contributed by atoms with Gasteiger partial charge < -0.3 is 10.6 Å². The Morgan fingerprint density at radius 2 is 1.81 bits per heavy atom. The Morgan fingerprint density at radius 3 is 2.58 bits per heavy atom. The fourth-order valence-electron chi connectivity index (χ4n) is 3.65. The molecule has 2 aromatic carbocycles. The minimum Gasteiger partial charge on any atom is -0.339 e. The Hall–Kier alpha value is -3.42. The number of fused-ring (bicyclic) bond motifs is 1. The lowest BCUT2D eigenvalue weighted by Gasteiger charge is -2.20. The lowest BCUT2D eigenvalue weighted by Crippen LogP contribution is -2.18. The second-order valence-electron chi connectivity index (χ2n) is 7.33. The molecule has 1 heterocycles. The second kappa shape index (κ2) is 8.37. The highest BCUT2D eigenvalue weighted by atomic mass is 19.4. The van der Waals surface area contributed by atoms with Gasteiger partial charge in [-0.05, 0) is 49.1 Å². The van der Waals surface area contributed by atoms with Gasteiger partial charge in [-0.25, -0.2) is 4.98 Å². The van der Waals surface area contributed by atoms with Crippen LogP contribution in [-0.2, 0) is 19.0 Å². The Balaban J connectivity index is 1.73. The van der Waals surface area contributed by atoms with Gasteiger partial charge in [0, 0.05) is 17.8 Å². The molecule has 0 unspecified atom stereocenters. The predicted molar refractivity (Wildman–Crippen MR) is 113 cm³/mol. The van der Waals surface area contributed by atoms with E-state index >= 15 is 0 Å². The fraction of sp³-hybridized carbons (Fsp3) is 0.261. The molecule has 1 aliphatic rings. The van der Waals surface area contributed by atoms with E-state index in [1.165, 1.54) is 12.1 Å². The number of anilines is 4. The maximum atomic E-state index is 13.0. The van der Waals surface area contributed by atoms with Crippen molar-refractivity contribution in [3.05, 3.63) is 70.9 Å². The van der Waals surface area contributed by atoms with Crippen molar-refractivity contribution in [2.45, 2.75) is 38.8 Å². The Labute approximate surface area is 177 Å². The molecular weight excluding hydrogens is 405 g/mol. The number of Topliss-reactive ketones (excluding diaryl/α,β-unsaturated/α-hetero) is 1. The van der Waals surface area contributed by atoms with Gasteiger partial charge in [0.05, 0.1) is 16.8 Å². The summed E-state index contributed by atoms with van der Waals surface area (Å²) in [7, 11) is 0. The van der Waals surface area contributed by atoms with Crippen LogP contribution in [0.15, 0.2) is 48.5 Å². The Morgan fingerprint density at radius 1 is 1.00 bits per heavy atom. The van der Waals surface area contributed by atoms with Crippen molar-refractivity contribution in [3.63, 3.8) is 0 Å². The molecule has 0 atom stereocenters. The van der Waals surface area contributed by atoms with E-state index in [1.54, 1.807) is 0 Å². The minimum absolute atomic E-state index is 0.0386. The summed E-state index contributed by atoms with van der Waals surface area (Å²) in [4.78, 5) is 21.5. The van der Waals surface area contributed by atoms with Crippen LogP contribution >= 0.6 is 0 Å². The highest BCUT2D eigenvalue weighted by Crippen LogP contribution is 2.33. The predicted octanol–water partition coefficient (Wildman–Crippen LogP) is 6.06. The molecule has 0 saturated carbocycles. The van der Waals surface area contributed by atoms with E-state index in [2.05, 4.69) is 20.6 Å². The van der Waals surface area contributed by atoms with Crippen molar-refractivity contribution < 1.29 is 18.0 Å². The van der Waals surface area contributed by atoms with Crippen LogP contribution in [0.4, 0.5) is 36.3 Å². The van der Waals surface area contributed by atoms with Gasteiger partial charge in [-0.3, -0.25) is 4.79 Å². The molecule has 0 radical (unpaired) electrons. The number of benzene rings is 2. The molecule has 0 amide bonds. The van der Waals surface area contributed by atoms with Gasteiger partial charge in [0.25, 0.3) is 0 Å². The Kier molecular flexibility index (Phi) is 5.63. The van der Waals surface area contributed by atoms with Gasteiger partial charge in [-0.15, -0.1) is 0 Å². The first-order valence-electron chi connectivity index (χ1n) is 10.1. The monoisotopic (exact) mass is 426 g/mol. The summed E-state index contributed by atoms with van der Waals surface area (Å²) in [5.41, 5.74) is 2.39. The molecule has 160 valence electrons. The number of hydrogen-bond acceptors (Lipinski definition) is 5. The summed E-state index contributed by atoms with van der Waals surface area (Å²) in [5, 5.41) is 6.11. The van der Waals surface area contributed by atoms with Crippen molar-refractivity contribution in [1.29, 1.82) is 0 Å².